The topological polar surface area (TPSA) is 66.8 Å². The highest BCUT2D eigenvalue weighted by atomic mass is 16.5. The maximum Gasteiger partial charge on any atom is 0.303 e. The predicted molar refractivity (Wildman–Crippen MR) is 221 cm³/mol. The van der Waals surface area contributed by atoms with Gasteiger partial charge >= 0.3 is 5.97 Å². The van der Waals surface area contributed by atoms with Crippen LogP contribution in [0.25, 0.3) is 0 Å². The molecule has 1 heterocycles. The lowest BCUT2D eigenvalue weighted by molar-refractivity contribution is -0.137. The van der Waals surface area contributed by atoms with Gasteiger partial charge in [0.2, 0.25) is 0 Å². The monoisotopic (exact) mass is 711 g/mol. The largest absolute Gasteiger partial charge is 0.507 e. The van der Waals surface area contributed by atoms with E-state index in [0.29, 0.717) is 12.2 Å². The van der Waals surface area contributed by atoms with E-state index >= 15 is 0 Å². The van der Waals surface area contributed by atoms with Crippen LogP contribution in [0.5, 0.6) is 11.5 Å². The molecule has 0 aliphatic carbocycles. The van der Waals surface area contributed by atoms with Gasteiger partial charge in [-0.05, 0) is 126 Å². The summed E-state index contributed by atoms with van der Waals surface area (Å²) in [4.78, 5) is 10.3. The summed E-state index contributed by atoms with van der Waals surface area (Å²) in [6.45, 7) is 20.2. The first kappa shape index (κ1) is 46.8. The molecule has 0 saturated heterocycles. The number of phenols is 1. The lowest BCUT2D eigenvalue weighted by Gasteiger charge is -2.38. The Morgan fingerprint density at radius 3 is 1.86 bits per heavy atom. The van der Waals surface area contributed by atoms with Crippen LogP contribution in [0.3, 0.4) is 0 Å². The molecule has 2 rings (SSSR count). The summed E-state index contributed by atoms with van der Waals surface area (Å²) in [7, 11) is 0. The molecule has 1 aromatic carbocycles. The Labute approximate surface area is 316 Å². The average molecular weight is 711 g/mol. The van der Waals surface area contributed by atoms with E-state index in [1.165, 1.54) is 102 Å². The smallest absolute Gasteiger partial charge is 0.303 e. The molecule has 294 valence electrons. The number of carboxylic acid groups (broad SMARTS) is 1. The number of fused-ring (bicyclic) bond motifs is 1. The van der Waals surface area contributed by atoms with Crippen LogP contribution in [0.2, 0.25) is 0 Å². The van der Waals surface area contributed by atoms with E-state index in [1.807, 2.05) is 13.8 Å². The quantitative estimate of drug-likeness (QED) is 0.0742. The van der Waals surface area contributed by atoms with Gasteiger partial charge in [0.15, 0.2) is 0 Å². The number of hydrogen-bond donors (Lipinski definition) is 2. The van der Waals surface area contributed by atoms with E-state index in [2.05, 4.69) is 72.8 Å². The van der Waals surface area contributed by atoms with Crippen LogP contribution >= 0.6 is 0 Å². The van der Waals surface area contributed by atoms with Gasteiger partial charge in [-0.3, -0.25) is 4.79 Å². The highest BCUT2D eigenvalue weighted by molar-refractivity contribution is 5.66. The number of benzene rings is 1. The molecule has 4 nitrogen and oxygen atoms in total. The van der Waals surface area contributed by atoms with Gasteiger partial charge in [-0.1, -0.05) is 136 Å². The minimum atomic E-state index is -0.671. The van der Waals surface area contributed by atoms with E-state index < -0.39 is 5.97 Å². The normalized spacial score (nSPS) is 17.0. The second-order valence-electron chi connectivity index (χ2n) is 16.8. The maximum absolute atomic E-state index is 10.4. The van der Waals surface area contributed by atoms with Crippen LogP contribution < -0.4 is 4.74 Å². The molecule has 0 radical (unpaired) electrons. The number of unbranched alkanes of at least 4 members (excludes halogenated alkanes) is 8. The number of aliphatic carboxylic acids is 1. The summed E-state index contributed by atoms with van der Waals surface area (Å²) in [5, 5.41) is 18.9. The fourth-order valence-corrected chi connectivity index (χ4v) is 7.36. The SMILES string of the molecule is CCCCC/C=C\C/C=C\CCCCCCCC(=O)O.Cc1c(C)c2c(c(C)c1O)CC[C@@](C)(CCC[C@H](C)CCC[C@H](C)CCCC(C)C)O2. The molecule has 3 atom stereocenters. The molecule has 2 N–H and O–H groups in total. The molecular formula is C47H82O4. The summed E-state index contributed by atoms with van der Waals surface area (Å²) in [6.07, 6.45) is 36.3. The zero-order chi connectivity index (χ0) is 38.1. The number of hydrogen-bond acceptors (Lipinski definition) is 3. The van der Waals surface area contributed by atoms with Gasteiger partial charge < -0.3 is 14.9 Å². The molecule has 0 bridgehead atoms. The van der Waals surface area contributed by atoms with Crippen LogP contribution in [-0.2, 0) is 11.2 Å². The Morgan fingerprint density at radius 2 is 1.27 bits per heavy atom. The van der Waals surface area contributed by atoms with Gasteiger partial charge in [0, 0.05) is 12.0 Å². The van der Waals surface area contributed by atoms with Crippen molar-refractivity contribution in [1.82, 2.24) is 0 Å². The minimum absolute atomic E-state index is 0.0712. The molecular weight excluding hydrogens is 629 g/mol. The molecule has 1 aliphatic heterocycles. The maximum atomic E-state index is 10.4. The van der Waals surface area contributed by atoms with Crippen molar-refractivity contribution in [2.24, 2.45) is 17.8 Å². The van der Waals surface area contributed by atoms with Crippen molar-refractivity contribution in [1.29, 1.82) is 0 Å². The molecule has 0 aromatic heterocycles. The summed E-state index contributed by atoms with van der Waals surface area (Å²) in [6, 6.07) is 0. The third kappa shape index (κ3) is 21.2. The molecule has 0 fully saturated rings. The van der Waals surface area contributed by atoms with Gasteiger partial charge in [0.1, 0.15) is 17.1 Å². The first-order chi connectivity index (χ1) is 24.3. The van der Waals surface area contributed by atoms with Gasteiger partial charge in [-0.15, -0.1) is 0 Å². The van der Waals surface area contributed by atoms with Crippen LogP contribution in [-0.4, -0.2) is 21.8 Å². The number of allylic oxidation sites excluding steroid dienone is 4. The lowest BCUT2D eigenvalue weighted by Crippen LogP contribution is -2.37. The second kappa shape index (κ2) is 27.4. The van der Waals surface area contributed by atoms with E-state index in [0.717, 1.165) is 85.1 Å². The molecule has 1 aromatic rings. The Morgan fingerprint density at radius 1 is 0.725 bits per heavy atom. The van der Waals surface area contributed by atoms with E-state index in [9.17, 15) is 9.90 Å². The number of ether oxygens (including phenoxy) is 1. The summed E-state index contributed by atoms with van der Waals surface area (Å²) in [5.74, 6) is 3.36. The molecule has 1 aliphatic rings. The Kier molecular flexibility index (Phi) is 25.1. The number of phenolic OH excluding ortho intramolecular Hbond substituents is 1. The predicted octanol–water partition coefficient (Wildman–Crippen LogP) is 14.7. The number of carboxylic acids is 1. The van der Waals surface area contributed by atoms with Gasteiger partial charge in [-0.25, -0.2) is 0 Å². The number of aromatic hydroxyl groups is 1. The third-order valence-corrected chi connectivity index (χ3v) is 11.2. The number of carbonyl (C=O) groups is 1. The fraction of sp³-hybridized carbons (Fsp3) is 0.766. The zero-order valence-corrected chi connectivity index (χ0v) is 35.0. The highest BCUT2D eigenvalue weighted by Gasteiger charge is 2.34. The first-order valence-electron chi connectivity index (χ1n) is 21.3. The summed E-state index contributed by atoms with van der Waals surface area (Å²) in [5.41, 5.74) is 4.23. The van der Waals surface area contributed by atoms with E-state index in [-0.39, 0.29) is 5.60 Å². The molecule has 0 unspecified atom stereocenters. The van der Waals surface area contributed by atoms with Crippen LogP contribution in [0.4, 0.5) is 0 Å². The van der Waals surface area contributed by atoms with Crippen molar-refractivity contribution in [3.8, 4) is 11.5 Å². The Balaban J connectivity index is 0.000000564. The third-order valence-electron chi connectivity index (χ3n) is 11.2. The van der Waals surface area contributed by atoms with Crippen molar-refractivity contribution in [3.63, 3.8) is 0 Å². The molecule has 0 saturated carbocycles. The molecule has 0 spiro atoms. The van der Waals surface area contributed by atoms with Crippen molar-refractivity contribution >= 4 is 5.97 Å². The average Bonchev–Trinajstić information content (AvgIpc) is 3.08. The van der Waals surface area contributed by atoms with Crippen LogP contribution in [0.15, 0.2) is 24.3 Å². The first-order valence-corrected chi connectivity index (χ1v) is 21.3. The lowest BCUT2D eigenvalue weighted by atomic mass is 9.84. The molecule has 4 heteroatoms. The van der Waals surface area contributed by atoms with Crippen molar-refractivity contribution in [2.75, 3.05) is 0 Å². The summed E-state index contributed by atoms with van der Waals surface area (Å²) >= 11 is 0. The fourth-order valence-electron chi connectivity index (χ4n) is 7.36. The van der Waals surface area contributed by atoms with E-state index in [4.69, 9.17) is 9.84 Å². The van der Waals surface area contributed by atoms with Crippen LogP contribution in [0, 0.1) is 38.5 Å². The Bertz CT molecular complexity index is 1130. The van der Waals surface area contributed by atoms with Gasteiger partial charge in [0.05, 0.1) is 0 Å². The minimum Gasteiger partial charge on any atom is -0.507 e. The van der Waals surface area contributed by atoms with E-state index in [1.54, 1.807) is 0 Å². The van der Waals surface area contributed by atoms with Crippen molar-refractivity contribution < 1.29 is 19.7 Å². The van der Waals surface area contributed by atoms with Crippen molar-refractivity contribution in [2.45, 2.75) is 216 Å². The Hall–Kier alpha value is -2.23. The van der Waals surface area contributed by atoms with Gasteiger partial charge in [-0.2, -0.15) is 0 Å². The molecule has 51 heavy (non-hydrogen) atoms. The zero-order valence-electron chi connectivity index (χ0n) is 35.0. The van der Waals surface area contributed by atoms with Gasteiger partial charge in [0.25, 0.3) is 0 Å². The molecule has 0 amide bonds. The standard InChI is InChI=1S/C29H50O2.C18H32O2/c1-20(2)12-9-13-21(3)14-10-15-22(4)16-11-18-29(8)19-17-26-25(7)27(30)23(5)24(6)28(26)31-29;1-2-3-4-5-6-7-8-9-10-11-12-13-14-15-16-17-18(19)20/h20-22,30H,9-19H2,1-8H3;6-7,9-10H,2-5,8,11-17H2,1H3,(H,19,20)/b;7-6-,10-9-/t21-,22-,29-;/m1./s1. The van der Waals surface area contributed by atoms with Crippen LogP contribution in [0.1, 0.15) is 205 Å². The summed E-state index contributed by atoms with van der Waals surface area (Å²) < 4.78 is 6.60. The van der Waals surface area contributed by atoms with Crippen molar-refractivity contribution in [3.05, 3.63) is 46.6 Å². The number of rotatable bonds is 26. The highest BCUT2D eigenvalue weighted by Crippen LogP contribution is 2.44. The second-order valence-corrected chi connectivity index (χ2v) is 16.8.